The largest absolute Gasteiger partial charge is 0.447 e. The van der Waals surface area contributed by atoms with Crippen LogP contribution in [0.2, 0.25) is 0 Å². The average molecular weight is 255 g/mol. The van der Waals surface area contributed by atoms with E-state index in [-0.39, 0.29) is 23.2 Å². The topological polar surface area (TPSA) is 96.9 Å². The molecule has 1 aromatic rings. The zero-order valence-corrected chi connectivity index (χ0v) is 9.98. The lowest BCUT2D eigenvalue weighted by Crippen LogP contribution is -2.19. The van der Waals surface area contributed by atoms with Gasteiger partial charge in [0, 0.05) is 5.69 Å². The van der Waals surface area contributed by atoms with Crippen molar-refractivity contribution in [3.8, 4) is 0 Å². The quantitative estimate of drug-likeness (QED) is 0.332. The second kappa shape index (κ2) is 5.85. The highest BCUT2D eigenvalue weighted by Crippen LogP contribution is 2.15. The molecule has 1 aromatic carbocycles. The van der Waals surface area contributed by atoms with Crippen molar-refractivity contribution in [3.63, 3.8) is 0 Å². The molecule has 1 amide bonds. The molecular weight excluding hydrogens is 241 g/mol. The molecule has 98 valence electrons. The summed E-state index contributed by atoms with van der Waals surface area (Å²) in [5.41, 5.74) is 5.46. The van der Waals surface area contributed by atoms with Gasteiger partial charge in [-0.1, -0.05) is 5.16 Å². The van der Waals surface area contributed by atoms with Crippen molar-refractivity contribution in [1.82, 2.24) is 0 Å². The first-order valence-corrected chi connectivity index (χ1v) is 5.19. The molecule has 7 heteroatoms. The van der Waals surface area contributed by atoms with Crippen molar-refractivity contribution in [1.29, 1.82) is 0 Å². The van der Waals surface area contributed by atoms with Gasteiger partial charge in [0.25, 0.3) is 0 Å². The van der Waals surface area contributed by atoms with Crippen molar-refractivity contribution in [2.24, 2.45) is 10.9 Å². The molecule has 0 radical (unpaired) electrons. The summed E-state index contributed by atoms with van der Waals surface area (Å²) in [5, 5.41) is 13.6. The maximum atomic E-state index is 13.3. The van der Waals surface area contributed by atoms with E-state index >= 15 is 0 Å². The summed E-state index contributed by atoms with van der Waals surface area (Å²) in [5.74, 6) is -1.04. The van der Waals surface area contributed by atoms with Crippen molar-refractivity contribution in [2.45, 2.75) is 20.0 Å². The molecule has 0 atom stereocenters. The molecule has 0 fully saturated rings. The third kappa shape index (κ3) is 3.62. The molecule has 4 N–H and O–H groups in total. The van der Waals surface area contributed by atoms with E-state index in [1.54, 1.807) is 13.8 Å². The molecule has 0 aliphatic carbocycles. The van der Waals surface area contributed by atoms with E-state index in [2.05, 4.69) is 10.5 Å². The minimum Gasteiger partial charge on any atom is -0.447 e. The van der Waals surface area contributed by atoms with Gasteiger partial charge in [0.15, 0.2) is 5.84 Å². The van der Waals surface area contributed by atoms with Crippen LogP contribution in [0, 0.1) is 5.82 Å². The smallest absolute Gasteiger partial charge is 0.411 e. The monoisotopic (exact) mass is 255 g/mol. The molecule has 18 heavy (non-hydrogen) atoms. The number of nitrogens with two attached hydrogens (primary N) is 1. The van der Waals surface area contributed by atoms with Crippen LogP contribution in [0.3, 0.4) is 0 Å². The minimum absolute atomic E-state index is 0.111. The first-order chi connectivity index (χ1) is 8.43. The SMILES string of the molecule is CC(C)OC(=O)Nc1ccc(F)c(/C(N)=N/O)c1. The number of amidine groups is 1. The number of anilines is 1. The maximum absolute atomic E-state index is 13.3. The number of nitrogens with one attached hydrogen (secondary N) is 1. The number of benzene rings is 1. The Morgan fingerprint density at radius 3 is 2.78 bits per heavy atom. The number of rotatable bonds is 3. The van der Waals surface area contributed by atoms with E-state index < -0.39 is 11.9 Å². The van der Waals surface area contributed by atoms with Gasteiger partial charge in [-0.05, 0) is 32.0 Å². The third-order valence-electron chi connectivity index (χ3n) is 1.94. The summed E-state index contributed by atoms with van der Waals surface area (Å²) in [6, 6.07) is 3.68. The first-order valence-electron chi connectivity index (χ1n) is 5.19. The fourth-order valence-corrected chi connectivity index (χ4v) is 1.21. The highest BCUT2D eigenvalue weighted by Gasteiger charge is 2.11. The lowest BCUT2D eigenvalue weighted by atomic mass is 10.1. The zero-order chi connectivity index (χ0) is 13.7. The zero-order valence-electron chi connectivity index (χ0n) is 9.98. The fraction of sp³-hybridized carbons (Fsp3) is 0.273. The van der Waals surface area contributed by atoms with E-state index in [1.165, 1.54) is 12.1 Å². The van der Waals surface area contributed by atoms with E-state index in [1.807, 2.05) is 0 Å². The van der Waals surface area contributed by atoms with Gasteiger partial charge in [0.2, 0.25) is 0 Å². The van der Waals surface area contributed by atoms with Crippen LogP contribution >= 0.6 is 0 Å². The molecule has 0 aliphatic rings. The summed E-state index contributed by atoms with van der Waals surface area (Å²) in [4.78, 5) is 11.3. The standard InChI is InChI=1S/C11H14FN3O3/c1-6(2)18-11(16)14-7-3-4-9(12)8(5-7)10(13)15-17/h3-6,17H,1-2H3,(H2,13,15)(H,14,16). The molecule has 0 unspecified atom stereocenters. The van der Waals surface area contributed by atoms with Crippen LogP contribution in [0.1, 0.15) is 19.4 Å². The van der Waals surface area contributed by atoms with Gasteiger partial charge in [0.1, 0.15) is 5.82 Å². The fourth-order valence-electron chi connectivity index (χ4n) is 1.21. The number of oxime groups is 1. The highest BCUT2D eigenvalue weighted by molar-refractivity contribution is 5.98. The van der Waals surface area contributed by atoms with Crippen LogP contribution in [0.5, 0.6) is 0 Å². The number of ether oxygens (including phenoxy) is 1. The Bertz CT molecular complexity index is 475. The summed E-state index contributed by atoms with van der Waals surface area (Å²) in [7, 11) is 0. The molecule has 0 saturated heterocycles. The summed E-state index contributed by atoms with van der Waals surface area (Å²) >= 11 is 0. The minimum atomic E-state index is -0.665. The summed E-state index contributed by atoms with van der Waals surface area (Å²) < 4.78 is 18.2. The Morgan fingerprint density at radius 2 is 2.22 bits per heavy atom. The van der Waals surface area contributed by atoms with Crippen LogP contribution < -0.4 is 11.1 Å². The number of carbonyl (C=O) groups excluding carboxylic acids is 1. The molecular formula is C11H14FN3O3. The van der Waals surface area contributed by atoms with Crippen LogP contribution in [0.25, 0.3) is 0 Å². The predicted molar refractivity (Wildman–Crippen MR) is 64.2 cm³/mol. The predicted octanol–water partition coefficient (Wildman–Crippen LogP) is 1.88. The first kappa shape index (κ1) is 13.8. The van der Waals surface area contributed by atoms with Crippen LogP contribution in [0.4, 0.5) is 14.9 Å². The van der Waals surface area contributed by atoms with Gasteiger partial charge >= 0.3 is 6.09 Å². The lowest BCUT2D eigenvalue weighted by Gasteiger charge is -2.10. The van der Waals surface area contributed by atoms with Crippen molar-refractivity contribution in [2.75, 3.05) is 5.32 Å². The van der Waals surface area contributed by atoms with E-state index in [4.69, 9.17) is 15.7 Å². The second-order valence-corrected chi connectivity index (χ2v) is 3.76. The van der Waals surface area contributed by atoms with Gasteiger partial charge < -0.3 is 15.7 Å². The van der Waals surface area contributed by atoms with Crippen LogP contribution in [-0.2, 0) is 4.74 Å². The number of hydrogen-bond acceptors (Lipinski definition) is 4. The van der Waals surface area contributed by atoms with Crippen LogP contribution in [0.15, 0.2) is 23.4 Å². The third-order valence-corrected chi connectivity index (χ3v) is 1.94. The average Bonchev–Trinajstić information content (AvgIpc) is 2.29. The number of amides is 1. The number of nitrogens with zero attached hydrogens (tertiary/aromatic N) is 1. The Hall–Kier alpha value is -2.31. The molecule has 1 rings (SSSR count). The van der Waals surface area contributed by atoms with Gasteiger partial charge in [-0.2, -0.15) is 0 Å². The number of hydrogen-bond donors (Lipinski definition) is 3. The Balaban J connectivity index is 2.89. The van der Waals surface area contributed by atoms with E-state index in [9.17, 15) is 9.18 Å². The highest BCUT2D eigenvalue weighted by atomic mass is 19.1. The van der Waals surface area contributed by atoms with Crippen molar-refractivity contribution in [3.05, 3.63) is 29.6 Å². The molecule has 0 saturated carbocycles. The molecule has 6 nitrogen and oxygen atoms in total. The van der Waals surface area contributed by atoms with Gasteiger partial charge in [-0.15, -0.1) is 0 Å². The molecule has 0 aliphatic heterocycles. The van der Waals surface area contributed by atoms with Gasteiger partial charge in [0.05, 0.1) is 11.7 Å². The number of carbonyl (C=O) groups is 1. The van der Waals surface area contributed by atoms with Gasteiger partial charge in [-0.25, -0.2) is 9.18 Å². The molecule has 0 heterocycles. The lowest BCUT2D eigenvalue weighted by molar-refractivity contribution is 0.130. The Morgan fingerprint density at radius 1 is 1.56 bits per heavy atom. The van der Waals surface area contributed by atoms with E-state index in [0.717, 1.165) is 6.07 Å². The van der Waals surface area contributed by atoms with E-state index in [0.29, 0.717) is 0 Å². The molecule has 0 aromatic heterocycles. The van der Waals surface area contributed by atoms with Gasteiger partial charge in [-0.3, -0.25) is 5.32 Å². The number of halogens is 1. The maximum Gasteiger partial charge on any atom is 0.411 e. The van der Waals surface area contributed by atoms with Crippen molar-refractivity contribution < 1.29 is 19.1 Å². The second-order valence-electron chi connectivity index (χ2n) is 3.76. The normalized spacial score (nSPS) is 11.4. The Kier molecular flexibility index (Phi) is 4.47. The molecule has 0 bridgehead atoms. The van der Waals surface area contributed by atoms with Crippen molar-refractivity contribution >= 4 is 17.6 Å². The van der Waals surface area contributed by atoms with Crippen LogP contribution in [-0.4, -0.2) is 23.2 Å². The summed E-state index contributed by atoms with van der Waals surface area (Å²) in [6.07, 6.45) is -0.934. The molecule has 0 spiro atoms. The Labute approximate surface area is 103 Å². The summed E-state index contributed by atoms with van der Waals surface area (Å²) in [6.45, 7) is 3.40.